The van der Waals surface area contributed by atoms with E-state index in [9.17, 15) is 0 Å². The molecule has 0 bridgehead atoms. The van der Waals surface area contributed by atoms with Crippen LogP contribution >= 0.6 is 0 Å². The van der Waals surface area contributed by atoms with Gasteiger partial charge in [0.15, 0.2) is 5.79 Å². The quantitative estimate of drug-likeness (QED) is 0.538. The molecule has 2 heterocycles. The SMILES string of the molecule is C1COC2(CC3(CNC3)C2)O1. The Labute approximate surface area is 66.1 Å². The smallest absolute Gasteiger partial charge is 0.169 e. The Morgan fingerprint density at radius 2 is 1.64 bits per heavy atom. The molecule has 0 aromatic carbocycles. The second-order valence-corrected chi connectivity index (χ2v) is 4.06. The minimum atomic E-state index is -0.137. The van der Waals surface area contributed by atoms with Crippen molar-refractivity contribution in [3.8, 4) is 0 Å². The van der Waals surface area contributed by atoms with Crippen LogP contribution in [-0.2, 0) is 9.47 Å². The molecule has 2 spiro atoms. The third-order valence-electron chi connectivity index (χ3n) is 3.10. The van der Waals surface area contributed by atoms with Crippen LogP contribution in [0.25, 0.3) is 0 Å². The van der Waals surface area contributed by atoms with Gasteiger partial charge < -0.3 is 14.8 Å². The van der Waals surface area contributed by atoms with Gasteiger partial charge in [0.05, 0.1) is 13.2 Å². The highest BCUT2D eigenvalue weighted by Gasteiger charge is 2.60. The third kappa shape index (κ3) is 0.736. The Bertz CT molecular complexity index is 173. The van der Waals surface area contributed by atoms with Crippen LogP contribution in [0.1, 0.15) is 12.8 Å². The summed E-state index contributed by atoms with van der Waals surface area (Å²) in [5.41, 5.74) is 0.560. The van der Waals surface area contributed by atoms with Crippen molar-refractivity contribution in [1.82, 2.24) is 5.32 Å². The van der Waals surface area contributed by atoms with Gasteiger partial charge in [-0.1, -0.05) is 0 Å². The second kappa shape index (κ2) is 1.79. The van der Waals surface area contributed by atoms with Gasteiger partial charge in [-0.3, -0.25) is 0 Å². The van der Waals surface area contributed by atoms with Crippen LogP contribution < -0.4 is 5.32 Å². The number of hydrogen-bond acceptors (Lipinski definition) is 3. The molecule has 2 saturated heterocycles. The first kappa shape index (κ1) is 6.40. The van der Waals surface area contributed by atoms with Gasteiger partial charge in [-0.05, 0) is 0 Å². The van der Waals surface area contributed by atoms with E-state index in [0.717, 1.165) is 26.1 Å². The van der Waals surface area contributed by atoms with Gasteiger partial charge in [0.25, 0.3) is 0 Å². The van der Waals surface area contributed by atoms with Crippen molar-refractivity contribution in [2.75, 3.05) is 26.3 Å². The molecule has 0 amide bonds. The summed E-state index contributed by atoms with van der Waals surface area (Å²) in [6, 6.07) is 0. The maximum atomic E-state index is 5.56. The van der Waals surface area contributed by atoms with Gasteiger partial charge >= 0.3 is 0 Å². The van der Waals surface area contributed by atoms with Crippen molar-refractivity contribution >= 4 is 0 Å². The summed E-state index contributed by atoms with van der Waals surface area (Å²) in [6.07, 6.45) is 2.24. The maximum absolute atomic E-state index is 5.56. The Hall–Kier alpha value is -0.120. The van der Waals surface area contributed by atoms with Crippen molar-refractivity contribution in [1.29, 1.82) is 0 Å². The number of nitrogens with one attached hydrogen (secondary N) is 1. The summed E-state index contributed by atoms with van der Waals surface area (Å²) < 4.78 is 11.1. The lowest BCUT2D eigenvalue weighted by atomic mass is 9.61. The van der Waals surface area contributed by atoms with E-state index < -0.39 is 0 Å². The van der Waals surface area contributed by atoms with Crippen LogP contribution in [0.3, 0.4) is 0 Å². The van der Waals surface area contributed by atoms with Crippen molar-refractivity contribution in [3.63, 3.8) is 0 Å². The molecular weight excluding hydrogens is 142 g/mol. The first-order valence-electron chi connectivity index (χ1n) is 4.31. The monoisotopic (exact) mass is 155 g/mol. The van der Waals surface area contributed by atoms with Crippen LogP contribution in [0.5, 0.6) is 0 Å². The van der Waals surface area contributed by atoms with Gasteiger partial charge in [0, 0.05) is 31.3 Å². The summed E-state index contributed by atoms with van der Waals surface area (Å²) >= 11 is 0. The minimum Gasteiger partial charge on any atom is -0.347 e. The minimum absolute atomic E-state index is 0.137. The molecule has 62 valence electrons. The first-order valence-corrected chi connectivity index (χ1v) is 4.31. The number of hydrogen-bond donors (Lipinski definition) is 1. The molecule has 0 radical (unpaired) electrons. The molecule has 3 nitrogen and oxygen atoms in total. The number of rotatable bonds is 0. The van der Waals surface area contributed by atoms with E-state index in [1.165, 1.54) is 13.1 Å². The number of ether oxygens (including phenoxy) is 2. The summed E-state index contributed by atoms with van der Waals surface area (Å²) in [5.74, 6) is -0.137. The molecule has 1 saturated carbocycles. The zero-order valence-corrected chi connectivity index (χ0v) is 6.56. The van der Waals surface area contributed by atoms with E-state index in [4.69, 9.17) is 9.47 Å². The molecule has 0 aromatic rings. The first-order chi connectivity index (χ1) is 5.33. The van der Waals surface area contributed by atoms with E-state index in [1.54, 1.807) is 0 Å². The predicted molar refractivity (Wildman–Crippen MR) is 39.2 cm³/mol. The van der Waals surface area contributed by atoms with Gasteiger partial charge in [-0.2, -0.15) is 0 Å². The van der Waals surface area contributed by atoms with Gasteiger partial charge in [-0.15, -0.1) is 0 Å². The largest absolute Gasteiger partial charge is 0.347 e. The Balaban J connectivity index is 1.69. The zero-order chi connectivity index (χ0) is 7.36. The molecule has 1 N–H and O–H groups in total. The van der Waals surface area contributed by atoms with Gasteiger partial charge in [0.2, 0.25) is 0 Å². The predicted octanol–water partition coefficient (Wildman–Crippen LogP) is 0.113. The highest BCUT2D eigenvalue weighted by atomic mass is 16.7. The lowest BCUT2D eigenvalue weighted by Crippen LogP contribution is -2.67. The topological polar surface area (TPSA) is 30.5 Å². The van der Waals surface area contributed by atoms with Crippen LogP contribution in [0, 0.1) is 5.41 Å². The highest BCUT2D eigenvalue weighted by Crippen LogP contribution is 2.54. The fourth-order valence-electron chi connectivity index (χ4n) is 2.52. The molecular formula is C8H13NO2. The summed E-state index contributed by atoms with van der Waals surface area (Å²) in [4.78, 5) is 0. The molecule has 0 aromatic heterocycles. The van der Waals surface area contributed by atoms with E-state index >= 15 is 0 Å². The molecule has 3 aliphatic rings. The summed E-state index contributed by atoms with van der Waals surface area (Å²) in [5, 5.41) is 3.30. The molecule has 11 heavy (non-hydrogen) atoms. The fraction of sp³-hybridized carbons (Fsp3) is 1.00. The highest BCUT2D eigenvalue weighted by molar-refractivity contribution is 5.08. The summed E-state index contributed by atoms with van der Waals surface area (Å²) in [7, 11) is 0. The van der Waals surface area contributed by atoms with Crippen LogP contribution in [-0.4, -0.2) is 32.1 Å². The molecule has 0 unspecified atom stereocenters. The van der Waals surface area contributed by atoms with E-state index in [1.807, 2.05) is 0 Å². The normalized spacial score (nSPS) is 37.1. The molecule has 1 aliphatic carbocycles. The zero-order valence-electron chi connectivity index (χ0n) is 6.56. The van der Waals surface area contributed by atoms with Crippen molar-refractivity contribution in [2.24, 2.45) is 5.41 Å². The van der Waals surface area contributed by atoms with Crippen LogP contribution in [0.15, 0.2) is 0 Å². The second-order valence-electron chi connectivity index (χ2n) is 4.06. The molecule has 3 rings (SSSR count). The third-order valence-corrected chi connectivity index (χ3v) is 3.10. The molecule has 3 heteroatoms. The molecule has 0 atom stereocenters. The lowest BCUT2D eigenvalue weighted by molar-refractivity contribution is -0.271. The summed E-state index contributed by atoms with van der Waals surface area (Å²) in [6.45, 7) is 3.93. The maximum Gasteiger partial charge on any atom is 0.169 e. The Morgan fingerprint density at radius 3 is 2.09 bits per heavy atom. The molecule has 2 aliphatic heterocycles. The van der Waals surface area contributed by atoms with E-state index in [-0.39, 0.29) is 5.79 Å². The van der Waals surface area contributed by atoms with E-state index in [2.05, 4.69) is 5.32 Å². The van der Waals surface area contributed by atoms with E-state index in [0.29, 0.717) is 5.41 Å². The van der Waals surface area contributed by atoms with Crippen LogP contribution in [0.4, 0.5) is 0 Å². The Kier molecular flexibility index (Phi) is 1.04. The van der Waals surface area contributed by atoms with Gasteiger partial charge in [-0.25, -0.2) is 0 Å². The Morgan fingerprint density at radius 1 is 1.00 bits per heavy atom. The van der Waals surface area contributed by atoms with Crippen molar-refractivity contribution in [2.45, 2.75) is 18.6 Å². The van der Waals surface area contributed by atoms with Gasteiger partial charge in [0.1, 0.15) is 0 Å². The van der Waals surface area contributed by atoms with Crippen molar-refractivity contribution < 1.29 is 9.47 Å². The fourth-order valence-corrected chi connectivity index (χ4v) is 2.52. The van der Waals surface area contributed by atoms with Crippen LogP contribution in [0.2, 0.25) is 0 Å². The standard InChI is InChI=1S/C8H13NO2/c1-2-11-8(10-1)3-7(4-8)5-9-6-7/h9H,1-6H2. The average molecular weight is 155 g/mol. The lowest BCUT2D eigenvalue weighted by Gasteiger charge is -2.58. The molecule has 3 fully saturated rings. The average Bonchev–Trinajstić information content (AvgIpc) is 2.25. The van der Waals surface area contributed by atoms with Crippen molar-refractivity contribution in [3.05, 3.63) is 0 Å².